The predicted octanol–water partition coefficient (Wildman–Crippen LogP) is 2.78. The predicted molar refractivity (Wildman–Crippen MR) is 52.1 cm³/mol. The van der Waals surface area contributed by atoms with Crippen molar-refractivity contribution in [3.05, 3.63) is 29.6 Å². The molecule has 3 heteroatoms. The molecule has 1 aliphatic heterocycles. The number of aromatic nitrogens is 2. The smallest absolute Gasteiger partial charge is 0.130 e. The van der Waals surface area contributed by atoms with Crippen molar-refractivity contribution in [1.82, 2.24) is 9.97 Å². The van der Waals surface area contributed by atoms with Crippen molar-refractivity contribution in [2.45, 2.75) is 17.9 Å². The van der Waals surface area contributed by atoms with Gasteiger partial charge in [-0.2, -0.15) is 0 Å². The average molecular weight is 178 g/mol. The third-order valence-corrected chi connectivity index (χ3v) is 2.74. The van der Waals surface area contributed by atoms with Gasteiger partial charge in [0.2, 0.25) is 0 Å². The number of fused-ring (bicyclic) bond motifs is 1. The fourth-order valence-corrected chi connectivity index (χ4v) is 2.16. The first kappa shape index (κ1) is 7.68. The van der Waals surface area contributed by atoms with Gasteiger partial charge in [-0.05, 0) is 11.5 Å². The minimum absolute atomic E-state index is 0.447. The molecule has 1 aromatic heterocycles. The molecule has 0 saturated carbocycles. The summed E-state index contributed by atoms with van der Waals surface area (Å²) in [6, 6.07) is 0. The SMILES string of the molecule is C=Cc1nc2c([nH]1)C(C)C=CS2. The van der Waals surface area contributed by atoms with Crippen LogP contribution in [0.25, 0.3) is 6.08 Å². The number of imidazole rings is 1. The van der Waals surface area contributed by atoms with Gasteiger partial charge in [0, 0.05) is 5.92 Å². The van der Waals surface area contributed by atoms with E-state index in [0.29, 0.717) is 5.92 Å². The summed E-state index contributed by atoms with van der Waals surface area (Å²) >= 11 is 1.66. The minimum Gasteiger partial charge on any atom is -0.341 e. The van der Waals surface area contributed by atoms with E-state index in [9.17, 15) is 0 Å². The van der Waals surface area contributed by atoms with Crippen molar-refractivity contribution < 1.29 is 0 Å². The maximum absolute atomic E-state index is 4.36. The highest BCUT2D eigenvalue weighted by Crippen LogP contribution is 2.33. The summed E-state index contributed by atoms with van der Waals surface area (Å²) in [6.07, 6.45) is 3.91. The van der Waals surface area contributed by atoms with Gasteiger partial charge in [-0.1, -0.05) is 31.3 Å². The lowest BCUT2D eigenvalue weighted by Gasteiger charge is -2.09. The van der Waals surface area contributed by atoms with E-state index in [0.717, 1.165) is 10.9 Å². The van der Waals surface area contributed by atoms with Crippen LogP contribution in [0.4, 0.5) is 0 Å². The molecule has 0 spiro atoms. The second-order valence-electron chi connectivity index (χ2n) is 2.78. The Labute approximate surface area is 75.8 Å². The molecule has 1 aliphatic rings. The quantitative estimate of drug-likeness (QED) is 0.716. The third-order valence-electron chi connectivity index (χ3n) is 1.91. The van der Waals surface area contributed by atoms with Crippen LogP contribution in [0.15, 0.2) is 23.1 Å². The van der Waals surface area contributed by atoms with E-state index in [4.69, 9.17) is 0 Å². The minimum atomic E-state index is 0.447. The first-order valence-corrected chi connectivity index (χ1v) is 4.75. The normalized spacial score (nSPS) is 20.6. The van der Waals surface area contributed by atoms with Crippen LogP contribution in [-0.4, -0.2) is 9.97 Å². The zero-order valence-corrected chi connectivity index (χ0v) is 7.69. The van der Waals surface area contributed by atoms with Crippen molar-refractivity contribution in [2.24, 2.45) is 0 Å². The summed E-state index contributed by atoms with van der Waals surface area (Å²) in [7, 11) is 0. The van der Waals surface area contributed by atoms with Crippen LogP contribution in [-0.2, 0) is 0 Å². The van der Waals surface area contributed by atoms with Crippen molar-refractivity contribution in [1.29, 1.82) is 0 Å². The number of H-pyrrole nitrogens is 1. The highest BCUT2D eigenvalue weighted by atomic mass is 32.2. The summed E-state index contributed by atoms with van der Waals surface area (Å²) in [4.78, 5) is 7.59. The van der Waals surface area contributed by atoms with E-state index >= 15 is 0 Å². The van der Waals surface area contributed by atoms with Crippen LogP contribution < -0.4 is 0 Å². The number of nitrogens with zero attached hydrogens (tertiary/aromatic N) is 1. The molecular weight excluding hydrogens is 168 g/mol. The van der Waals surface area contributed by atoms with Gasteiger partial charge in [0.25, 0.3) is 0 Å². The fraction of sp³-hybridized carbons (Fsp3) is 0.222. The van der Waals surface area contributed by atoms with Gasteiger partial charge in [-0.3, -0.25) is 0 Å². The van der Waals surface area contributed by atoms with Crippen LogP contribution in [0.1, 0.15) is 24.4 Å². The molecule has 0 fully saturated rings. The van der Waals surface area contributed by atoms with Gasteiger partial charge in [-0.15, -0.1) is 0 Å². The Morgan fingerprint density at radius 3 is 3.25 bits per heavy atom. The lowest BCUT2D eigenvalue weighted by Crippen LogP contribution is -1.94. The van der Waals surface area contributed by atoms with Gasteiger partial charge in [0.05, 0.1) is 5.69 Å². The molecule has 2 nitrogen and oxygen atoms in total. The maximum Gasteiger partial charge on any atom is 0.130 e. The Balaban J connectivity index is 2.47. The molecule has 1 N–H and O–H groups in total. The lowest BCUT2D eigenvalue weighted by molar-refractivity contribution is 0.881. The monoisotopic (exact) mass is 178 g/mol. The summed E-state index contributed by atoms with van der Waals surface area (Å²) in [5, 5.41) is 3.17. The molecule has 62 valence electrons. The Bertz CT molecular complexity index is 338. The van der Waals surface area contributed by atoms with Crippen LogP contribution >= 0.6 is 11.8 Å². The Morgan fingerprint density at radius 2 is 2.58 bits per heavy atom. The van der Waals surface area contributed by atoms with E-state index in [1.807, 2.05) is 0 Å². The van der Waals surface area contributed by atoms with E-state index in [2.05, 4.69) is 35.0 Å². The molecule has 0 saturated heterocycles. The number of allylic oxidation sites excluding steroid dienone is 1. The van der Waals surface area contributed by atoms with Gasteiger partial charge in [0.15, 0.2) is 0 Å². The van der Waals surface area contributed by atoms with E-state index in [-0.39, 0.29) is 0 Å². The molecule has 0 aromatic carbocycles. The van der Waals surface area contributed by atoms with Crippen LogP contribution in [0.2, 0.25) is 0 Å². The van der Waals surface area contributed by atoms with Crippen molar-refractivity contribution in [3.8, 4) is 0 Å². The van der Waals surface area contributed by atoms with E-state index in [1.54, 1.807) is 17.8 Å². The topological polar surface area (TPSA) is 28.7 Å². The molecule has 1 aromatic rings. The molecule has 2 rings (SSSR count). The van der Waals surface area contributed by atoms with Crippen molar-refractivity contribution >= 4 is 17.8 Å². The molecule has 0 radical (unpaired) electrons. The van der Waals surface area contributed by atoms with E-state index < -0.39 is 0 Å². The Hall–Kier alpha value is -0.960. The number of rotatable bonds is 1. The Morgan fingerprint density at radius 1 is 1.75 bits per heavy atom. The van der Waals surface area contributed by atoms with Gasteiger partial charge >= 0.3 is 0 Å². The molecule has 0 bridgehead atoms. The largest absolute Gasteiger partial charge is 0.341 e. The molecule has 12 heavy (non-hydrogen) atoms. The van der Waals surface area contributed by atoms with E-state index in [1.165, 1.54) is 5.69 Å². The van der Waals surface area contributed by atoms with Gasteiger partial charge < -0.3 is 4.98 Å². The summed E-state index contributed by atoms with van der Waals surface area (Å²) in [5.74, 6) is 1.31. The Kier molecular flexibility index (Phi) is 1.81. The second-order valence-corrected chi connectivity index (χ2v) is 3.67. The lowest BCUT2D eigenvalue weighted by atomic mass is 10.1. The van der Waals surface area contributed by atoms with Gasteiger partial charge in [0.1, 0.15) is 10.9 Å². The number of hydrogen-bond donors (Lipinski definition) is 1. The van der Waals surface area contributed by atoms with Crippen molar-refractivity contribution in [2.75, 3.05) is 0 Å². The standard InChI is InChI=1S/C9H10N2S/c1-3-7-10-8-6(2)4-5-12-9(8)11-7/h3-6H,1H2,2H3,(H,10,11). The maximum atomic E-state index is 4.36. The second kappa shape index (κ2) is 2.83. The summed E-state index contributed by atoms with van der Waals surface area (Å²) < 4.78 is 0. The molecular formula is C9H10N2S. The van der Waals surface area contributed by atoms with Crippen molar-refractivity contribution in [3.63, 3.8) is 0 Å². The molecule has 2 heterocycles. The molecule has 0 aliphatic carbocycles. The average Bonchev–Trinajstić information content (AvgIpc) is 2.49. The number of nitrogens with one attached hydrogen (secondary N) is 1. The fourth-order valence-electron chi connectivity index (χ4n) is 1.20. The first-order chi connectivity index (χ1) is 5.81. The van der Waals surface area contributed by atoms with Gasteiger partial charge in [-0.25, -0.2) is 4.98 Å². The summed E-state index contributed by atoms with van der Waals surface area (Å²) in [6.45, 7) is 5.83. The molecule has 1 atom stereocenters. The highest BCUT2D eigenvalue weighted by molar-refractivity contribution is 8.02. The number of hydrogen-bond acceptors (Lipinski definition) is 2. The molecule has 0 amide bonds. The number of aromatic amines is 1. The first-order valence-electron chi connectivity index (χ1n) is 3.87. The molecule has 1 unspecified atom stereocenters. The van der Waals surface area contributed by atoms with Crippen LogP contribution in [0.3, 0.4) is 0 Å². The number of thioether (sulfide) groups is 1. The summed E-state index contributed by atoms with van der Waals surface area (Å²) in [5.41, 5.74) is 1.21. The van der Waals surface area contributed by atoms with Crippen LogP contribution in [0.5, 0.6) is 0 Å². The highest BCUT2D eigenvalue weighted by Gasteiger charge is 2.16. The van der Waals surface area contributed by atoms with Crippen LogP contribution in [0, 0.1) is 0 Å². The zero-order valence-electron chi connectivity index (χ0n) is 6.87. The zero-order chi connectivity index (χ0) is 8.55. The third kappa shape index (κ3) is 1.10.